The number of thiocarbonyl (C=S) groups is 1. The molecule has 4 rings (SSSR count). The minimum absolute atomic E-state index is 0.169. The zero-order chi connectivity index (χ0) is 17.4. The van der Waals surface area contributed by atoms with Crippen LogP contribution in [0.15, 0.2) is 47.4 Å². The number of nitrogens with zero attached hydrogens (tertiary/aromatic N) is 1. The zero-order valence-corrected chi connectivity index (χ0v) is 14.9. The Kier molecular flexibility index (Phi) is 4.10. The first kappa shape index (κ1) is 16.0. The first-order valence-electron chi connectivity index (χ1n) is 7.48. The molecular formula is C18H13NO4S2. The number of para-hydroxylation sites is 2. The van der Waals surface area contributed by atoms with E-state index in [2.05, 4.69) is 0 Å². The maximum atomic E-state index is 12.9. The molecule has 0 atom stereocenters. The van der Waals surface area contributed by atoms with Crippen molar-refractivity contribution in [1.29, 1.82) is 0 Å². The predicted octanol–water partition coefficient (Wildman–Crippen LogP) is 3.83. The van der Waals surface area contributed by atoms with E-state index >= 15 is 0 Å². The summed E-state index contributed by atoms with van der Waals surface area (Å²) in [6.07, 6.45) is 1.80. The molecular weight excluding hydrogens is 358 g/mol. The van der Waals surface area contributed by atoms with Gasteiger partial charge in [0.05, 0.1) is 17.7 Å². The van der Waals surface area contributed by atoms with Gasteiger partial charge in [-0.05, 0) is 35.9 Å². The van der Waals surface area contributed by atoms with E-state index < -0.39 is 0 Å². The van der Waals surface area contributed by atoms with Gasteiger partial charge < -0.3 is 14.2 Å². The summed E-state index contributed by atoms with van der Waals surface area (Å²) in [6, 6.07) is 12.9. The van der Waals surface area contributed by atoms with Crippen molar-refractivity contribution < 1.29 is 19.0 Å². The minimum atomic E-state index is -0.169. The van der Waals surface area contributed by atoms with Crippen LogP contribution >= 0.6 is 24.0 Å². The monoisotopic (exact) mass is 371 g/mol. The van der Waals surface area contributed by atoms with Gasteiger partial charge in [0.2, 0.25) is 6.79 Å². The van der Waals surface area contributed by atoms with E-state index in [1.54, 1.807) is 19.3 Å². The van der Waals surface area contributed by atoms with Gasteiger partial charge in [0, 0.05) is 0 Å². The van der Waals surface area contributed by atoms with Crippen LogP contribution in [0, 0.1) is 0 Å². The Bertz CT molecular complexity index is 910. The second kappa shape index (κ2) is 6.42. The summed E-state index contributed by atoms with van der Waals surface area (Å²) in [7, 11) is 1.57. The molecule has 2 aromatic carbocycles. The Labute approximate surface area is 154 Å². The zero-order valence-electron chi connectivity index (χ0n) is 13.2. The second-order valence-corrected chi connectivity index (χ2v) is 6.98. The van der Waals surface area contributed by atoms with Crippen LogP contribution in [-0.4, -0.2) is 24.1 Å². The quantitative estimate of drug-likeness (QED) is 0.604. The van der Waals surface area contributed by atoms with E-state index in [9.17, 15) is 4.79 Å². The number of amides is 1. The molecule has 0 bridgehead atoms. The lowest BCUT2D eigenvalue weighted by atomic mass is 10.2. The van der Waals surface area contributed by atoms with E-state index in [0.29, 0.717) is 32.2 Å². The van der Waals surface area contributed by atoms with Crippen molar-refractivity contribution in [2.75, 3.05) is 18.8 Å². The standard InChI is InChI=1S/C18H13NO4S2/c1-21-13-5-3-2-4-12(13)19-17(20)16(25-18(19)24)9-11-6-7-14-15(8-11)23-10-22-14/h2-9H,10H2,1H3/b16-9-. The number of fused-ring (bicyclic) bond motifs is 1. The Hall–Kier alpha value is -2.51. The molecule has 0 unspecified atom stereocenters. The van der Waals surface area contributed by atoms with Crippen molar-refractivity contribution >= 4 is 46.0 Å². The summed E-state index contributed by atoms with van der Waals surface area (Å²) in [5.41, 5.74) is 1.49. The van der Waals surface area contributed by atoms with Crippen molar-refractivity contribution in [1.82, 2.24) is 0 Å². The maximum absolute atomic E-state index is 12.9. The molecule has 0 spiro atoms. The smallest absolute Gasteiger partial charge is 0.270 e. The summed E-state index contributed by atoms with van der Waals surface area (Å²) < 4.78 is 16.5. The number of thioether (sulfide) groups is 1. The van der Waals surface area contributed by atoms with Crippen molar-refractivity contribution in [2.24, 2.45) is 0 Å². The number of ether oxygens (including phenoxy) is 3. The van der Waals surface area contributed by atoms with Crippen molar-refractivity contribution in [2.45, 2.75) is 0 Å². The largest absolute Gasteiger partial charge is 0.495 e. The lowest BCUT2D eigenvalue weighted by Gasteiger charge is -2.17. The molecule has 2 aromatic rings. The highest BCUT2D eigenvalue weighted by atomic mass is 32.2. The van der Waals surface area contributed by atoms with E-state index in [4.69, 9.17) is 26.4 Å². The van der Waals surface area contributed by atoms with Crippen LogP contribution in [0.2, 0.25) is 0 Å². The third-order valence-corrected chi connectivity index (χ3v) is 5.12. The molecule has 7 heteroatoms. The molecule has 2 aliphatic heterocycles. The summed E-state index contributed by atoms with van der Waals surface area (Å²) >= 11 is 6.67. The molecule has 1 saturated heterocycles. The number of carbonyl (C=O) groups excluding carboxylic acids is 1. The van der Waals surface area contributed by atoms with Crippen LogP contribution < -0.4 is 19.1 Å². The van der Waals surface area contributed by atoms with Crippen LogP contribution in [0.5, 0.6) is 17.2 Å². The van der Waals surface area contributed by atoms with E-state index in [-0.39, 0.29) is 12.7 Å². The van der Waals surface area contributed by atoms with Gasteiger partial charge >= 0.3 is 0 Å². The van der Waals surface area contributed by atoms with Crippen LogP contribution in [0.4, 0.5) is 5.69 Å². The fraction of sp³-hybridized carbons (Fsp3) is 0.111. The molecule has 1 amide bonds. The molecule has 25 heavy (non-hydrogen) atoms. The molecule has 0 aliphatic carbocycles. The second-order valence-electron chi connectivity index (χ2n) is 5.30. The van der Waals surface area contributed by atoms with Crippen molar-refractivity contribution in [3.05, 3.63) is 52.9 Å². The third kappa shape index (κ3) is 2.85. The summed E-state index contributed by atoms with van der Waals surface area (Å²) in [5.74, 6) is 1.81. The molecule has 2 aliphatic rings. The lowest BCUT2D eigenvalue weighted by Crippen LogP contribution is -2.27. The van der Waals surface area contributed by atoms with Crippen LogP contribution in [-0.2, 0) is 4.79 Å². The normalized spacial score (nSPS) is 17.5. The average Bonchev–Trinajstić information content (AvgIpc) is 3.19. The molecule has 5 nitrogen and oxygen atoms in total. The molecule has 0 saturated carbocycles. The number of anilines is 1. The lowest BCUT2D eigenvalue weighted by molar-refractivity contribution is -0.113. The summed E-state index contributed by atoms with van der Waals surface area (Å²) in [5, 5.41) is 0. The van der Waals surface area contributed by atoms with Crippen molar-refractivity contribution in [3.8, 4) is 17.2 Å². The number of benzene rings is 2. The molecule has 0 N–H and O–H groups in total. The third-order valence-electron chi connectivity index (χ3n) is 3.81. The van der Waals surface area contributed by atoms with Gasteiger partial charge in [-0.1, -0.05) is 42.2 Å². The Balaban J connectivity index is 1.67. The minimum Gasteiger partial charge on any atom is -0.495 e. The predicted molar refractivity (Wildman–Crippen MR) is 101 cm³/mol. The van der Waals surface area contributed by atoms with Gasteiger partial charge in [0.1, 0.15) is 5.75 Å². The molecule has 2 heterocycles. The highest BCUT2D eigenvalue weighted by molar-refractivity contribution is 8.27. The number of methoxy groups -OCH3 is 1. The van der Waals surface area contributed by atoms with Crippen LogP contribution in [0.1, 0.15) is 5.56 Å². The highest BCUT2D eigenvalue weighted by Gasteiger charge is 2.34. The van der Waals surface area contributed by atoms with Crippen molar-refractivity contribution in [3.63, 3.8) is 0 Å². The fourth-order valence-corrected chi connectivity index (χ4v) is 3.93. The summed E-state index contributed by atoms with van der Waals surface area (Å²) in [4.78, 5) is 14.9. The van der Waals surface area contributed by atoms with Gasteiger partial charge in [-0.15, -0.1) is 0 Å². The number of hydrogen-bond acceptors (Lipinski definition) is 6. The number of hydrogen-bond donors (Lipinski definition) is 0. The molecule has 0 radical (unpaired) electrons. The SMILES string of the molecule is COc1ccccc1N1C(=O)/C(=C/c2ccc3c(c2)OCO3)SC1=S. The maximum Gasteiger partial charge on any atom is 0.270 e. The highest BCUT2D eigenvalue weighted by Crippen LogP contribution is 2.40. The van der Waals surface area contributed by atoms with Gasteiger partial charge in [0.25, 0.3) is 5.91 Å². The summed E-state index contributed by atoms with van der Waals surface area (Å²) in [6.45, 7) is 0.217. The average molecular weight is 371 g/mol. The molecule has 1 fully saturated rings. The van der Waals surface area contributed by atoms with Gasteiger partial charge in [-0.2, -0.15) is 0 Å². The van der Waals surface area contributed by atoms with Crippen LogP contribution in [0.25, 0.3) is 6.08 Å². The topological polar surface area (TPSA) is 48.0 Å². The Morgan fingerprint density at radius 3 is 2.84 bits per heavy atom. The Morgan fingerprint density at radius 1 is 1.20 bits per heavy atom. The first-order valence-corrected chi connectivity index (χ1v) is 8.70. The number of rotatable bonds is 3. The molecule has 126 valence electrons. The van der Waals surface area contributed by atoms with Gasteiger partial charge in [0.15, 0.2) is 15.8 Å². The van der Waals surface area contributed by atoms with Gasteiger partial charge in [-0.3, -0.25) is 9.69 Å². The first-order chi connectivity index (χ1) is 12.2. The number of carbonyl (C=O) groups is 1. The molecule has 0 aromatic heterocycles. The fourth-order valence-electron chi connectivity index (χ4n) is 2.64. The van der Waals surface area contributed by atoms with Gasteiger partial charge in [-0.25, -0.2) is 0 Å². The van der Waals surface area contributed by atoms with E-state index in [1.807, 2.05) is 36.4 Å². The van der Waals surface area contributed by atoms with E-state index in [0.717, 1.165) is 5.56 Å². The van der Waals surface area contributed by atoms with Crippen LogP contribution in [0.3, 0.4) is 0 Å². The van der Waals surface area contributed by atoms with E-state index in [1.165, 1.54) is 16.7 Å². The Morgan fingerprint density at radius 2 is 2.00 bits per heavy atom.